The van der Waals surface area contributed by atoms with Gasteiger partial charge in [0.05, 0.1) is 12.4 Å². The number of anilines is 1. The molecule has 1 amide bonds. The van der Waals surface area contributed by atoms with Gasteiger partial charge in [-0.1, -0.05) is 11.3 Å². The highest BCUT2D eigenvalue weighted by Gasteiger charge is 2.35. The van der Waals surface area contributed by atoms with Crippen LogP contribution in [0.3, 0.4) is 0 Å². The fourth-order valence-electron chi connectivity index (χ4n) is 1.49. The van der Waals surface area contributed by atoms with Gasteiger partial charge in [0, 0.05) is 4.90 Å². The quantitative estimate of drug-likeness (QED) is 0.793. The Labute approximate surface area is 138 Å². The Balaban J connectivity index is 1.84. The van der Waals surface area contributed by atoms with Gasteiger partial charge in [-0.3, -0.25) is 10.1 Å². The van der Waals surface area contributed by atoms with E-state index in [9.17, 15) is 18.0 Å². The molecule has 10 heteroatoms. The van der Waals surface area contributed by atoms with Gasteiger partial charge >= 0.3 is 6.18 Å². The van der Waals surface area contributed by atoms with Crippen LogP contribution >= 0.6 is 23.1 Å². The number of hydrogen-bond acceptors (Lipinski definition) is 6. The van der Waals surface area contributed by atoms with Crippen LogP contribution in [0.2, 0.25) is 0 Å². The Morgan fingerprint density at radius 2 is 2.00 bits per heavy atom. The van der Waals surface area contributed by atoms with Crippen molar-refractivity contribution < 1.29 is 22.7 Å². The number of benzene rings is 1. The summed E-state index contributed by atoms with van der Waals surface area (Å²) in [5.41, 5.74) is 0. The molecule has 1 aromatic heterocycles. The molecule has 0 bridgehead atoms. The molecule has 0 aliphatic rings. The molecular formula is C13H12F3N3O2S2. The van der Waals surface area contributed by atoms with Gasteiger partial charge in [-0.25, -0.2) is 0 Å². The molecule has 0 spiro atoms. The van der Waals surface area contributed by atoms with E-state index in [2.05, 4.69) is 15.5 Å². The average molecular weight is 363 g/mol. The van der Waals surface area contributed by atoms with E-state index in [4.69, 9.17) is 4.74 Å². The maximum absolute atomic E-state index is 12.4. The van der Waals surface area contributed by atoms with Crippen molar-refractivity contribution in [2.24, 2.45) is 0 Å². The molecule has 0 radical (unpaired) electrons. The van der Waals surface area contributed by atoms with Crippen molar-refractivity contribution in [1.82, 2.24) is 10.2 Å². The van der Waals surface area contributed by atoms with Gasteiger partial charge in [-0.2, -0.15) is 13.2 Å². The number of carbonyl (C=O) groups excluding carboxylic acids is 1. The van der Waals surface area contributed by atoms with Gasteiger partial charge in [-0.05, 0) is 31.2 Å². The third-order valence-electron chi connectivity index (χ3n) is 2.42. The second-order valence-electron chi connectivity index (χ2n) is 4.15. The highest BCUT2D eigenvalue weighted by Crippen LogP contribution is 2.33. The number of rotatable bonds is 6. The minimum atomic E-state index is -4.56. The van der Waals surface area contributed by atoms with E-state index in [0.29, 0.717) is 17.9 Å². The van der Waals surface area contributed by atoms with Crippen LogP contribution in [0.15, 0.2) is 29.2 Å². The molecule has 124 valence electrons. The fraction of sp³-hybridized carbons (Fsp3) is 0.308. The molecule has 2 aromatic rings. The molecule has 0 saturated heterocycles. The Bertz CT molecular complexity index is 659. The molecule has 0 fully saturated rings. The highest BCUT2D eigenvalue weighted by atomic mass is 32.2. The van der Waals surface area contributed by atoms with Crippen LogP contribution in [0.1, 0.15) is 11.9 Å². The van der Waals surface area contributed by atoms with Crippen LogP contribution in [0.5, 0.6) is 5.75 Å². The number of thioether (sulfide) groups is 1. The first kappa shape index (κ1) is 17.5. The Hall–Kier alpha value is -1.81. The van der Waals surface area contributed by atoms with Crippen LogP contribution in [0.25, 0.3) is 0 Å². The largest absolute Gasteiger partial charge is 0.494 e. The Morgan fingerprint density at radius 3 is 2.57 bits per heavy atom. The summed E-state index contributed by atoms with van der Waals surface area (Å²) in [4.78, 5) is 12.6. The lowest BCUT2D eigenvalue weighted by Crippen LogP contribution is -2.13. The number of halogens is 3. The smallest absolute Gasteiger partial charge is 0.445 e. The van der Waals surface area contributed by atoms with Gasteiger partial charge in [0.2, 0.25) is 16.0 Å². The van der Waals surface area contributed by atoms with Crippen molar-refractivity contribution in [3.05, 3.63) is 29.3 Å². The maximum Gasteiger partial charge on any atom is 0.445 e. The van der Waals surface area contributed by atoms with Crippen molar-refractivity contribution in [2.75, 3.05) is 17.7 Å². The Kier molecular flexibility index (Phi) is 5.83. The van der Waals surface area contributed by atoms with Gasteiger partial charge in [0.25, 0.3) is 0 Å². The minimum Gasteiger partial charge on any atom is -0.494 e. The minimum absolute atomic E-state index is 0.0505. The average Bonchev–Trinajstić information content (AvgIpc) is 2.95. The summed E-state index contributed by atoms with van der Waals surface area (Å²) >= 11 is 1.55. The molecule has 1 N–H and O–H groups in total. The number of hydrogen-bond donors (Lipinski definition) is 1. The number of amides is 1. The summed E-state index contributed by atoms with van der Waals surface area (Å²) in [5, 5.41) is 7.33. The maximum atomic E-state index is 12.4. The zero-order chi connectivity index (χ0) is 16.9. The second-order valence-corrected chi connectivity index (χ2v) is 6.18. The molecule has 0 aliphatic heterocycles. The van der Waals surface area contributed by atoms with Crippen molar-refractivity contribution in [1.29, 1.82) is 0 Å². The van der Waals surface area contributed by atoms with E-state index >= 15 is 0 Å². The normalized spacial score (nSPS) is 11.3. The van der Waals surface area contributed by atoms with Crippen molar-refractivity contribution >= 4 is 34.1 Å². The molecule has 0 aliphatic carbocycles. The first-order chi connectivity index (χ1) is 10.9. The van der Waals surface area contributed by atoms with E-state index in [1.165, 1.54) is 11.8 Å². The predicted octanol–water partition coefficient (Wildman–Crippen LogP) is 3.69. The van der Waals surface area contributed by atoms with Crippen LogP contribution in [-0.4, -0.2) is 28.5 Å². The lowest BCUT2D eigenvalue weighted by molar-refractivity contribution is -0.138. The lowest BCUT2D eigenvalue weighted by Gasteiger charge is -2.05. The molecular weight excluding hydrogens is 351 g/mol. The predicted molar refractivity (Wildman–Crippen MR) is 81.9 cm³/mol. The number of alkyl halides is 3. The zero-order valence-corrected chi connectivity index (χ0v) is 13.5. The Morgan fingerprint density at radius 1 is 1.30 bits per heavy atom. The van der Waals surface area contributed by atoms with Crippen molar-refractivity contribution in [3.63, 3.8) is 0 Å². The van der Waals surface area contributed by atoms with Crippen molar-refractivity contribution in [3.8, 4) is 5.75 Å². The highest BCUT2D eigenvalue weighted by molar-refractivity contribution is 8.00. The van der Waals surface area contributed by atoms with Gasteiger partial charge in [0.15, 0.2) is 0 Å². The standard InChI is InChI=1S/C13H12F3N3O2S2/c1-2-21-8-3-5-9(6-4-8)22-7-10(20)17-12-19-18-11(23-12)13(14,15)16/h3-6H,2,7H2,1H3,(H,17,19,20). The second kappa shape index (κ2) is 7.64. The van der Waals surface area contributed by atoms with Crippen LogP contribution in [0.4, 0.5) is 18.3 Å². The first-order valence-electron chi connectivity index (χ1n) is 6.44. The zero-order valence-electron chi connectivity index (χ0n) is 11.9. The van der Waals surface area contributed by atoms with Crippen LogP contribution < -0.4 is 10.1 Å². The third-order valence-corrected chi connectivity index (χ3v) is 4.31. The summed E-state index contributed by atoms with van der Waals surface area (Å²) in [7, 11) is 0. The number of nitrogens with one attached hydrogen (secondary N) is 1. The van der Waals surface area contributed by atoms with E-state index in [-0.39, 0.29) is 10.9 Å². The topological polar surface area (TPSA) is 64.1 Å². The number of nitrogens with zero attached hydrogens (tertiary/aromatic N) is 2. The molecule has 1 heterocycles. The molecule has 0 atom stereocenters. The number of ether oxygens (including phenoxy) is 1. The molecule has 0 saturated carbocycles. The third kappa shape index (κ3) is 5.39. The summed E-state index contributed by atoms with van der Waals surface area (Å²) in [6.45, 7) is 2.45. The van der Waals surface area contributed by atoms with E-state index in [1.54, 1.807) is 24.3 Å². The summed E-state index contributed by atoms with van der Waals surface area (Å²) < 4.78 is 42.4. The number of carbonyl (C=O) groups is 1. The molecule has 23 heavy (non-hydrogen) atoms. The molecule has 1 aromatic carbocycles. The number of aromatic nitrogens is 2. The lowest BCUT2D eigenvalue weighted by atomic mass is 10.3. The van der Waals surface area contributed by atoms with Crippen LogP contribution in [-0.2, 0) is 11.0 Å². The first-order valence-corrected chi connectivity index (χ1v) is 8.25. The molecule has 2 rings (SSSR count). The van der Waals surface area contributed by atoms with E-state index in [0.717, 1.165) is 10.6 Å². The van der Waals surface area contributed by atoms with E-state index < -0.39 is 17.1 Å². The van der Waals surface area contributed by atoms with E-state index in [1.807, 2.05) is 6.92 Å². The van der Waals surface area contributed by atoms with Crippen LogP contribution in [0, 0.1) is 0 Å². The SMILES string of the molecule is CCOc1ccc(SCC(=O)Nc2nnc(C(F)(F)F)s2)cc1. The monoisotopic (exact) mass is 363 g/mol. The summed E-state index contributed by atoms with van der Waals surface area (Å²) in [5.74, 6) is 0.332. The summed E-state index contributed by atoms with van der Waals surface area (Å²) in [6, 6.07) is 7.17. The van der Waals surface area contributed by atoms with Gasteiger partial charge in [-0.15, -0.1) is 22.0 Å². The van der Waals surface area contributed by atoms with Gasteiger partial charge < -0.3 is 4.74 Å². The summed E-state index contributed by atoms with van der Waals surface area (Å²) in [6.07, 6.45) is -4.56. The van der Waals surface area contributed by atoms with Gasteiger partial charge in [0.1, 0.15) is 5.75 Å². The van der Waals surface area contributed by atoms with Crippen molar-refractivity contribution in [2.45, 2.75) is 18.0 Å². The molecule has 0 unspecified atom stereocenters. The fourth-order valence-corrected chi connectivity index (χ4v) is 2.82. The molecule has 5 nitrogen and oxygen atoms in total.